The number of pyridine rings is 2. The molecule has 2 aromatic rings. The molecule has 0 aliphatic carbocycles. The van der Waals surface area contributed by atoms with Crippen molar-refractivity contribution in [1.82, 2.24) is 9.97 Å². The molecule has 0 spiro atoms. The Morgan fingerprint density at radius 1 is 0.806 bits per heavy atom. The molecule has 0 fully saturated rings. The molecule has 0 bridgehead atoms. The maximum atomic E-state index is 12.3. The topological polar surface area (TPSA) is 137 Å². The molecule has 2 N–H and O–H groups in total. The number of amides is 2. The number of aromatic nitrogens is 2. The van der Waals surface area contributed by atoms with Crippen molar-refractivity contribution in [3.63, 3.8) is 0 Å². The zero-order valence-electron chi connectivity index (χ0n) is 16.5. The predicted octanol–water partition coefficient (Wildman–Crippen LogP) is 3.10. The number of ether oxygens (including phenoxy) is 2. The molecule has 2 rings (SSSR count). The van der Waals surface area contributed by atoms with E-state index in [9.17, 15) is 19.2 Å². The Labute approximate surface area is 187 Å². The number of halogens is 2. The summed E-state index contributed by atoms with van der Waals surface area (Å²) in [4.78, 5) is 56.3. The second-order valence-electron chi connectivity index (χ2n) is 5.81. The van der Waals surface area contributed by atoms with Crippen LogP contribution in [0.1, 0.15) is 41.2 Å². The number of hydrogen-bond acceptors (Lipinski definition) is 8. The van der Waals surface area contributed by atoms with E-state index in [-0.39, 0.29) is 46.0 Å². The molecule has 0 radical (unpaired) electrons. The number of nitrogens with zero attached hydrogens (tertiary/aromatic N) is 2. The fourth-order valence-corrected chi connectivity index (χ4v) is 2.64. The summed E-state index contributed by atoms with van der Waals surface area (Å²) in [6, 6.07) is 2.60. The van der Waals surface area contributed by atoms with E-state index in [1.165, 1.54) is 24.5 Å². The van der Waals surface area contributed by atoms with Gasteiger partial charge in [-0.25, -0.2) is 19.6 Å². The Bertz CT molecular complexity index is 935. The van der Waals surface area contributed by atoms with E-state index >= 15 is 0 Å². The normalized spacial score (nSPS) is 10.2. The van der Waals surface area contributed by atoms with Crippen LogP contribution in [0.5, 0.6) is 0 Å². The SMILES string of the molecule is CCOC(=O)c1ncc(Cl)cc1NC(=O)CC(=O)Nc1cc(Cl)cnc1C(=O)OCC. The summed E-state index contributed by atoms with van der Waals surface area (Å²) in [5.41, 5.74) is -0.354. The molecule has 0 saturated carbocycles. The van der Waals surface area contributed by atoms with Crippen LogP contribution in [0.4, 0.5) is 11.4 Å². The lowest BCUT2D eigenvalue weighted by atomic mass is 10.2. The largest absolute Gasteiger partial charge is 0.461 e. The average molecular weight is 469 g/mol. The Morgan fingerprint density at radius 2 is 1.19 bits per heavy atom. The molecule has 0 saturated heterocycles. The van der Waals surface area contributed by atoms with Crippen LogP contribution in [0.2, 0.25) is 10.0 Å². The van der Waals surface area contributed by atoms with Crippen molar-refractivity contribution in [2.75, 3.05) is 23.8 Å². The monoisotopic (exact) mass is 468 g/mol. The van der Waals surface area contributed by atoms with Crippen LogP contribution in [-0.2, 0) is 19.1 Å². The number of nitrogens with one attached hydrogen (secondary N) is 2. The van der Waals surface area contributed by atoms with Crippen molar-refractivity contribution in [1.29, 1.82) is 0 Å². The van der Waals surface area contributed by atoms with E-state index in [0.717, 1.165) is 0 Å². The lowest BCUT2D eigenvalue weighted by Crippen LogP contribution is -2.24. The Morgan fingerprint density at radius 3 is 1.55 bits per heavy atom. The summed E-state index contributed by atoms with van der Waals surface area (Å²) in [7, 11) is 0. The van der Waals surface area contributed by atoms with Gasteiger partial charge in [-0.15, -0.1) is 0 Å². The van der Waals surface area contributed by atoms with Crippen LogP contribution in [-0.4, -0.2) is 46.9 Å². The van der Waals surface area contributed by atoms with Gasteiger partial charge in [-0.3, -0.25) is 9.59 Å². The van der Waals surface area contributed by atoms with Gasteiger partial charge >= 0.3 is 11.9 Å². The number of carbonyl (C=O) groups excluding carboxylic acids is 4. The first kappa shape index (κ1) is 24.0. The van der Waals surface area contributed by atoms with Crippen molar-refractivity contribution in [3.8, 4) is 0 Å². The fourth-order valence-electron chi connectivity index (χ4n) is 2.33. The molecule has 10 nitrogen and oxygen atoms in total. The van der Waals surface area contributed by atoms with Crippen LogP contribution in [0.15, 0.2) is 24.5 Å². The van der Waals surface area contributed by atoms with E-state index in [4.69, 9.17) is 32.7 Å². The van der Waals surface area contributed by atoms with E-state index < -0.39 is 30.2 Å². The number of anilines is 2. The van der Waals surface area contributed by atoms with Crippen LogP contribution >= 0.6 is 23.2 Å². The summed E-state index contributed by atoms with van der Waals surface area (Å²) in [5, 5.41) is 5.12. The van der Waals surface area contributed by atoms with Crippen molar-refractivity contribution in [2.24, 2.45) is 0 Å². The highest BCUT2D eigenvalue weighted by Crippen LogP contribution is 2.21. The van der Waals surface area contributed by atoms with Gasteiger partial charge in [-0.2, -0.15) is 0 Å². The van der Waals surface area contributed by atoms with Crippen LogP contribution in [0.25, 0.3) is 0 Å². The molecule has 0 aliphatic heterocycles. The van der Waals surface area contributed by atoms with Crippen LogP contribution in [0, 0.1) is 0 Å². The van der Waals surface area contributed by atoms with Gasteiger partial charge in [0.05, 0.1) is 34.6 Å². The van der Waals surface area contributed by atoms with Crippen molar-refractivity contribution in [2.45, 2.75) is 20.3 Å². The number of rotatable bonds is 8. The van der Waals surface area contributed by atoms with Crippen LogP contribution < -0.4 is 10.6 Å². The second-order valence-corrected chi connectivity index (χ2v) is 6.69. The number of carbonyl (C=O) groups is 4. The molecule has 0 unspecified atom stereocenters. The van der Waals surface area contributed by atoms with Gasteiger partial charge in [0.25, 0.3) is 0 Å². The first-order chi connectivity index (χ1) is 14.7. The third-order valence-corrected chi connectivity index (χ3v) is 3.93. The minimum Gasteiger partial charge on any atom is -0.461 e. The first-order valence-electron chi connectivity index (χ1n) is 9.00. The summed E-state index contributed by atoms with van der Waals surface area (Å²) in [6.07, 6.45) is 1.79. The predicted molar refractivity (Wildman–Crippen MR) is 112 cm³/mol. The van der Waals surface area contributed by atoms with Gasteiger partial charge in [-0.05, 0) is 26.0 Å². The molecule has 164 valence electrons. The van der Waals surface area contributed by atoms with Gasteiger partial charge in [0.15, 0.2) is 11.4 Å². The minimum atomic E-state index is -0.764. The Kier molecular flexibility index (Phi) is 8.71. The zero-order chi connectivity index (χ0) is 23.0. The summed E-state index contributed by atoms with van der Waals surface area (Å²) >= 11 is 11.7. The van der Waals surface area contributed by atoms with Gasteiger partial charge in [-0.1, -0.05) is 23.2 Å². The number of esters is 2. The van der Waals surface area contributed by atoms with E-state index in [0.29, 0.717) is 0 Å². The van der Waals surface area contributed by atoms with E-state index in [1.54, 1.807) is 13.8 Å². The molecule has 31 heavy (non-hydrogen) atoms. The Balaban J connectivity index is 2.12. The van der Waals surface area contributed by atoms with E-state index in [2.05, 4.69) is 20.6 Å². The molecule has 0 atom stereocenters. The van der Waals surface area contributed by atoms with Crippen molar-refractivity contribution in [3.05, 3.63) is 46.0 Å². The van der Waals surface area contributed by atoms with Gasteiger partial charge in [0.1, 0.15) is 6.42 Å². The average Bonchev–Trinajstić information content (AvgIpc) is 2.68. The van der Waals surface area contributed by atoms with Gasteiger partial charge in [0, 0.05) is 12.4 Å². The maximum absolute atomic E-state index is 12.3. The molecular weight excluding hydrogens is 451 g/mol. The standard InChI is InChI=1S/C19H18Cl2N4O6/c1-3-30-18(28)16-12(5-10(20)8-22-16)24-14(26)7-15(27)25-13-6-11(21)9-23-17(13)19(29)31-4-2/h5-6,8-9H,3-4,7H2,1-2H3,(H,24,26)(H,25,27). The fraction of sp³-hybridized carbons (Fsp3) is 0.263. The molecule has 2 heterocycles. The lowest BCUT2D eigenvalue weighted by Gasteiger charge is -2.11. The van der Waals surface area contributed by atoms with E-state index in [1.807, 2.05) is 0 Å². The van der Waals surface area contributed by atoms with Gasteiger partial charge < -0.3 is 20.1 Å². The quantitative estimate of drug-likeness (QED) is 0.445. The third-order valence-electron chi connectivity index (χ3n) is 3.52. The highest BCUT2D eigenvalue weighted by Gasteiger charge is 2.21. The summed E-state index contributed by atoms with van der Waals surface area (Å²) in [5.74, 6) is -3.05. The first-order valence-corrected chi connectivity index (χ1v) is 9.75. The molecule has 2 aromatic heterocycles. The Hall–Kier alpha value is -3.24. The second kappa shape index (κ2) is 11.2. The highest BCUT2D eigenvalue weighted by molar-refractivity contribution is 6.31. The summed E-state index contributed by atoms with van der Waals surface area (Å²) < 4.78 is 9.76. The maximum Gasteiger partial charge on any atom is 0.359 e. The number of hydrogen-bond donors (Lipinski definition) is 2. The molecule has 2 amide bonds. The molecular formula is C19H18Cl2N4O6. The third kappa shape index (κ3) is 6.90. The molecule has 12 heteroatoms. The smallest absolute Gasteiger partial charge is 0.359 e. The highest BCUT2D eigenvalue weighted by atomic mass is 35.5. The molecule has 0 aromatic carbocycles. The summed E-state index contributed by atoms with van der Waals surface area (Å²) in [6.45, 7) is 3.45. The minimum absolute atomic E-state index is 0.0135. The van der Waals surface area contributed by atoms with Crippen LogP contribution in [0.3, 0.4) is 0 Å². The van der Waals surface area contributed by atoms with Crippen molar-refractivity contribution >= 4 is 58.3 Å². The lowest BCUT2D eigenvalue weighted by molar-refractivity contribution is -0.123. The van der Waals surface area contributed by atoms with Gasteiger partial charge in [0.2, 0.25) is 11.8 Å². The molecule has 0 aliphatic rings. The zero-order valence-corrected chi connectivity index (χ0v) is 18.0. The van der Waals surface area contributed by atoms with Crippen molar-refractivity contribution < 1.29 is 28.7 Å².